The highest BCUT2D eigenvalue weighted by molar-refractivity contribution is 5.74. The van der Waals surface area contributed by atoms with Gasteiger partial charge in [0, 0.05) is 38.8 Å². The molecule has 1 aromatic carbocycles. The van der Waals surface area contributed by atoms with Gasteiger partial charge in [0.05, 0.1) is 6.26 Å². The first-order valence-corrected chi connectivity index (χ1v) is 8.48. The van der Waals surface area contributed by atoms with Crippen LogP contribution in [0.2, 0.25) is 0 Å². The van der Waals surface area contributed by atoms with Gasteiger partial charge in [0.25, 0.3) is 0 Å². The van der Waals surface area contributed by atoms with Crippen molar-refractivity contribution < 1.29 is 14.3 Å². The Bertz CT molecular complexity index is 638. The normalized spacial score (nSPS) is 13.1. The summed E-state index contributed by atoms with van der Waals surface area (Å²) in [6.07, 6.45) is 1.96. The molecule has 0 fully saturated rings. The molecular formula is C19H27N3O3. The highest BCUT2D eigenvalue weighted by Crippen LogP contribution is 2.18. The van der Waals surface area contributed by atoms with Crippen molar-refractivity contribution in [2.45, 2.75) is 31.9 Å². The van der Waals surface area contributed by atoms with Gasteiger partial charge in [-0.25, -0.2) is 4.79 Å². The standard InChI is InChI=1S/C19H27N3O3/c1-14(13-17(23)18-5-4-12-25-18)21-19(24)20-11-10-15-6-8-16(9-7-15)22(2)3/h4-9,12,14,17,23H,10-11,13H2,1-3H3,(H2,20,21,24). The average molecular weight is 345 g/mol. The molecule has 2 amide bonds. The van der Waals surface area contributed by atoms with Crippen LogP contribution in [-0.4, -0.2) is 37.8 Å². The number of amides is 2. The zero-order valence-corrected chi connectivity index (χ0v) is 15.0. The summed E-state index contributed by atoms with van der Waals surface area (Å²) >= 11 is 0. The van der Waals surface area contributed by atoms with Crippen LogP contribution in [0.1, 0.15) is 30.8 Å². The number of hydrogen-bond acceptors (Lipinski definition) is 4. The van der Waals surface area contributed by atoms with E-state index in [4.69, 9.17) is 4.42 Å². The lowest BCUT2D eigenvalue weighted by Gasteiger charge is -2.17. The SMILES string of the molecule is CC(CC(O)c1ccco1)NC(=O)NCCc1ccc(N(C)C)cc1. The minimum Gasteiger partial charge on any atom is -0.467 e. The molecule has 25 heavy (non-hydrogen) atoms. The van der Waals surface area contributed by atoms with Gasteiger partial charge in [0.2, 0.25) is 0 Å². The molecular weight excluding hydrogens is 318 g/mol. The number of nitrogens with zero attached hydrogens (tertiary/aromatic N) is 1. The number of rotatable bonds is 8. The maximum atomic E-state index is 11.9. The minimum atomic E-state index is -0.722. The second-order valence-electron chi connectivity index (χ2n) is 6.38. The Labute approximate surface area is 148 Å². The highest BCUT2D eigenvalue weighted by Gasteiger charge is 2.16. The number of urea groups is 1. The monoisotopic (exact) mass is 345 g/mol. The highest BCUT2D eigenvalue weighted by atomic mass is 16.4. The second-order valence-corrected chi connectivity index (χ2v) is 6.38. The zero-order valence-electron chi connectivity index (χ0n) is 15.0. The van der Waals surface area contributed by atoms with Gasteiger partial charge in [0.15, 0.2) is 0 Å². The lowest BCUT2D eigenvalue weighted by atomic mass is 10.1. The first kappa shape index (κ1) is 18.9. The van der Waals surface area contributed by atoms with Crippen molar-refractivity contribution in [1.29, 1.82) is 0 Å². The molecule has 0 aliphatic carbocycles. The molecule has 2 unspecified atom stereocenters. The van der Waals surface area contributed by atoms with Crippen LogP contribution in [0.4, 0.5) is 10.5 Å². The molecule has 6 nitrogen and oxygen atoms in total. The van der Waals surface area contributed by atoms with Crippen LogP contribution in [0, 0.1) is 0 Å². The summed E-state index contributed by atoms with van der Waals surface area (Å²) in [4.78, 5) is 14.0. The smallest absolute Gasteiger partial charge is 0.315 e. The Morgan fingerprint density at radius 3 is 2.56 bits per heavy atom. The van der Waals surface area contributed by atoms with E-state index in [1.165, 1.54) is 11.8 Å². The second kappa shape index (κ2) is 9.13. The summed E-state index contributed by atoms with van der Waals surface area (Å²) in [7, 11) is 4.01. The number of furan rings is 1. The first-order chi connectivity index (χ1) is 12.0. The van der Waals surface area contributed by atoms with E-state index in [2.05, 4.69) is 34.9 Å². The predicted octanol–water partition coefficient (Wildman–Crippen LogP) is 2.70. The molecule has 0 aliphatic rings. The molecule has 6 heteroatoms. The summed E-state index contributed by atoms with van der Waals surface area (Å²) in [5.74, 6) is 0.509. The van der Waals surface area contributed by atoms with Crippen molar-refractivity contribution in [2.75, 3.05) is 25.5 Å². The molecule has 2 atom stereocenters. The van der Waals surface area contributed by atoms with Gasteiger partial charge in [-0.1, -0.05) is 12.1 Å². The summed E-state index contributed by atoms with van der Waals surface area (Å²) in [5.41, 5.74) is 2.32. The van der Waals surface area contributed by atoms with E-state index in [0.717, 1.165) is 12.1 Å². The van der Waals surface area contributed by atoms with Gasteiger partial charge in [-0.05, 0) is 43.2 Å². The fourth-order valence-electron chi connectivity index (χ4n) is 2.55. The third kappa shape index (κ3) is 6.15. The van der Waals surface area contributed by atoms with Crippen LogP contribution in [0.5, 0.6) is 0 Å². The van der Waals surface area contributed by atoms with Crippen LogP contribution >= 0.6 is 0 Å². The fraction of sp³-hybridized carbons (Fsp3) is 0.421. The lowest BCUT2D eigenvalue weighted by molar-refractivity contribution is 0.129. The molecule has 1 aromatic heterocycles. The van der Waals surface area contributed by atoms with E-state index >= 15 is 0 Å². The van der Waals surface area contributed by atoms with Crippen LogP contribution in [-0.2, 0) is 6.42 Å². The Kier molecular flexibility index (Phi) is 6.89. The van der Waals surface area contributed by atoms with Crippen molar-refractivity contribution in [3.8, 4) is 0 Å². The third-order valence-corrected chi connectivity index (χ3v) is 3.98. The number of carbonyl (C=O) groups is 1. The number of nitrogens with one attached hydrogen (secondary N) is 2. The summed E-state index contributed by atoms with van der Waals surface area (Å²) < 4.78 is 5.16. The third-order valence-electron chi connectivity index (χ3n) is 3.98. The summed E-state index contributed by atoms with van der Waals surface area (Å²) in [6, 6.07) is 11.3. The molecule has 0 saturated heterocycles. The summed E-state index contributed by atoms with van der Waals surface area (Å²) in [6.45, 7) is 2.41. The molecule has 136 valence electrons. The van der Waals surface area contributed by atoms with Crippen molar-refractivity contribution in [2.24, 2.45) is 0 Å². The molecule has 0 saturated carbocycles. The number of hydrogen-bond donors (Lipinski definition) is 3. The van der Waals surface area contributed by atoms with Gasteiger partial charge in [-0.15, -0.1) is 0 Å². The number of aliphatic hydroxyl groups is 1. The number of aliphatic hydroxyl groups excluding tert-OH is 1. The Morgan fingerprint density at radius 1 is 1.24 bits per heavy atom. The zero-order chi connectivity index (χ0) is 18.2. The van der Waals surface area contributed by atoms with E-state index in [9.17, 15) is 9.90 Å². The average Bonchev–Trinajstić information content (AvgIpc) is 3.09. The van der Waals surface area contributed by atoms with Crippen LogP contribution in [0.25, 0.3) is 0 Å². The maximum Gasteiger partial charge on any atom is 0.315 e. The van der Waals surface area contributed by atoms with Crippen molar-refractivity contribution in [1.82, 2.24) is 10.6 Å². The molecule has 3 N–H and O–H groups in total. The van der Waals surface area contributed by atoms with Crippen molar-refractivity contribution in [3.05, 3.63) is 54.0 Å². The fourth-order valence-corrected chi connectivity index (χ4v) is 2.55. The van der Waals surface area contributed by atoms with Crippen LogP contribution in [0.15, 0.2) is 47.1 Å². The van der Waals surface area contributed by atoms with Gasteiger partial charge in [0.1, 0.15) is 11.9 Å². The quantitative estimate of drug-likeness (QED) is 0.687. The summed E-state index contributed by atoms with van der Waals surface area (Å²) in [5, 5.41) is 15.7. The van der Waals surface area contributed by atoms with E-state index in [1.54, 1.807) is 12.1 Å². The number of carbonyl (C=O) groups excluding carboxylic acids is 1. The van der Waals surface area contributed by atoms with Crippen LogP contribution < -0.4 is 15.5 Å². The van der Waals surface area contributed by atoms with E-state index in [0.29, 0.717) is 18.7 Å². The van der Waals surface area contributed by atoms with Crippen molar-refractivity contribution in [3.63, 3.8) is 0 Å². The predicted molar refractivity (Wildman–Crippen MR) is 98.8 cm³/mol. The number of anilines is 1. The largest absolute Gasteiger partial charge is 0.467 e. The number of benzene rings is 1. The topological polar surface area (TPSA) is 77.7 Å². The molecule has 0 aliphatic heterocycles. The van der Waals surface area contributed by atoms with Gasteiger partial charge >= 0.3 is 6.03 Å². The van der Waals surface area contributed by atoms with Crippen molar-refractivity contribution >= 4 is 11.7 Å². The van der Waals surface area contributed by atoms with E-state index in [1.807, 2.05) is 25.9 Å². The first-order valence-electron chi connectivity index (χ1n) is 8.48. The Balaban J connectivity index is 1.67. The Morgan fingerprint density at radius 2 is 1.96 bits per heavy atom. The molecule has 2 aromatic rings. The van der Waals surface area contributed by atoms with Gasteiger partial charge in [-0.3, -0.25) is 0 Å². The van der Waals surface area contributed by atoms with E-state index < -0.39 is 6.10 Å². The molecule has 0 spiro atoms. The van der Waals surface area contributed by atoms with Gasteiger partial charge in [-0.2, -0.15) is 0 Å². The molecule has 0 radical (unpaired) electrons. The molecule has 1 heterocycles. The minimum absolute atomic E-state index is 0.167. The lowest BCUT2D eigenvalue weighted by Crippen LogP contribution is -2.42. The maximum absolute atomic E-state index is 11.9. The van der Waals surface area contributed by atoms with E-state index in [-0.39, 0.29) is 12.1 Å². The molecule has 2 rings (SSSR count). The molecule has 0 bridgehead atoms. The van der Waals surface area contributed by atoms with Crippen LogP contribution in [0.3, 0.4) is 0 Å². The Hall–Kier alpha value is -2.47. The van der Waals surface area contributed by atoms with Gasteiger partial charge < -0.3 is 25.1 Å².